The number of benzene rings is 1. The Hall–Kier alpha value is -1.59. The van der Waals surface area contributed by atoms with Gasteiger partial charge in [-0.05, 0) is 12.6 Å². The first-order chi connectivity index (χ1) is 9.54. The standard InChI is InChI=1S/C15H23N3O2.ClH/c1-12(19)17-14(13-7-5-4-6-8-13)11-15(20)18(3)10-9-16-2;/h4-8,14,16H,9-11H2,1-3H3,(H,17,19);1H. The van der Waals surface area contributed by atoms with Crippen molar-refractivity contribution in [2.24, 2.45) is 0 Å². The lowest BCUT2D eigenvalue weighted by atomic mass is 10.0. The van der Waals surface area contributed by atoms with Crippen molar-refractivity contribution in [1.82, 2.24) is 15.5 Å². The van der Waals surface area contributed by atoms with Crippen LogP contribution in [0.25, 0.3) is 0 Å². The normalized spacial score (nSPS) is 11.2. The second kappa shape index (κ2) is 10.2. The van der Waals surface area contributed by atoms with Gasteiger partial charge in [-0.2, -0.15) is 0 Å². The number of amides is 2. The molecule has 1 atom stereocenters. The molecule has 2 amide bonds. The van der Waals surface area contributed by atoms with Crippen molar-refractivity contribution >= 4 is 24.2 Å². The van der Waals surface area contributed by atoms with E-state index in [0.717, 1.165) is 12.1 Å². The van der Waals surface area contributed by atoms with Gasteiger partial charge in [0.25, 0.3) is 0 Å². The Morgan fingerprint density at radius 1 is 1.24 bits per heavy atom. The first-order valence-electron chi connectivity index (χ1n) is 6.75. The highest BCUT2D eigenvalue weighted by molar-refractivity contribution is 5.85. The Morgan fingerprint density at radius 2 is 1.86 bits per heavy atom. The van der Waals surface area contributed by atoms with Gasteiger partial charge in [0.2, 0.25) is 11.8 Å². The Balaban J connectivity index is 0.00000400. The maximum atomic E-state index is 12.2. The fraction of sp³-hybridized carbons (Fsp3) is 0.467. The summed E-state index contributed by atoms with van der Waals surface area (Å²) < 4.78 is 0. The van der Waals surface area contributed by atoms with Crippen molar-refractivity contribution in [3.8, 4) is 0 Å². The summed E-state index contributed by atoms with van der Waals surface area (Å²) in [5.74, 6) is -0.118. The van der Waals surface area contributed by atoms with E-state index in [1.807, 2.05) is 37.4 Å². The van der Waals surface area contributed by atoms with E-state index in [0.29, 0.717) is 6.54 Å². The van der Waals surface area contributed by atoms with Gasteiger partial charge in [0.15, 0.2) is 0 Å². The maximum Gasteiger partial charge on any atom is 0.224 e. The Bertz CT molecular complexity index is 440. The first kappa shape index (κ1) is 19.4. The van der Waals surface area contributed by atoms with Crippen LogP contribution in [0.15, 0.2) is 30.3 Å². The third-order valence-corrected chi connectivity index (χ3v) is 3.08. The van der Waals surface area contributed by atoms with E-state index in [2.05, 4.69) is 10.6 Å². The predicted octanol–water partition coefficient (Wildman–Crippen LogP) is 1.35. The third-order valence-electron chi connectivity index (χ3n) is 3.08. The Kier molecular flexibility index (Phi) is 9.41. The van der Waals surface area contributed by atoms with E-state index in [1.54, 1.807) is 11.9 Å². The summed E-state index contributed by atoms with van der Waals surface area (Å²) in [6.07, 6.45) is 0.268. The molecule has 1 aromatic carbocycles. The smallest absolute Gasteiger partial charge is 0.224 e. The van der Waals surface area contributed by atoms with Crippen LogP contribution in [-0.2, 0) is 9.59 Å². The minimum Gasteiger partial charge on any atom is -0.349 e. The zero-order valence-corrected chi connectivity index (χ0v) is 13.6. The van der Waals surface area contributed by atoms with Crippen molar-refractivity contribution < 1.29 is 9.59 Å². The molecule has 118 valence electrons. The first-order valence-corrected chi connectivity index (χ1v) is 6.75. The van der Waals surface area contributed by atoms with Crippen molar-refractivity contribution in [3.63, 3.8) is 0 Å². The van der Waals surface area contributed by atoms with Crippen LogP contribution in [0.5, 0.6) is 0 Å². The summed E-state index contributed by atoms with van der Waals surface area (Å²) in [6.45, 7) is 2.86. The van der Waals surface area contributed by atoms with E-state index in [-0.39, 0.29) is 36.7 Å². The molecule has 1 unspecified atom stereocenters. The molecule has 21 heavy (non-hydrogen) atoms. The van der Waals surface area contributed by atoms with Gasteiger partial charge in [0, 0.05) is 27.1 Å². The van der Waals surface area contributed by atoms with Crippen LogP contribution in [-0.4, -0.2) is 43.9 Å². The summed E-state index contributed by atoms with van der Waals surface area (Å²) in [4.78, 5) is 25.1. The number of nitrogens with one attached hydrogen (secondary N) is 2. The average Bonchev–Trinajstić information content (AvgIpc) is 2.44. The van der Waals surface area contributed by atoms with E-state index in [9.17, 15) is 9.59 Å². The lowest BCUT2D eigenvalue weighted by molar-refractivity contribution is -0.130. The molecule has 0 bridgehead atoms. The Labute approximate surface area is 132 Å². The van der Waals surface area contributed by atoms with Crippen LogP contribution in [0.3, 0.4) is 0 Å². The number of hydrogen-bond acceptors (Lipinski definition) is 3. The van der Waals surface area contributed by atoms with Gasteiger partial charge in [-0.3, -0.25) is 9.59 Å². The van der Waals surface area contributed by atoms with Crippen molar-refractivity contribution in [2.75, 3.05) is 27.2 Å². The van der Waals surface area contributed by atoms with Crippen LogP contribution in [0.4, 0.5) is 0 Å². The van der Waals surface area contributed by atoms with Crippen LogP contribution in [0, 0.1) is 0 Å². The molecule has 1 rings (SSSR count). The summed E-state index contributed by atoms with van der Waals surface area (Å²) in [7, 11) is 3.62. The molecule has 2 N–H and O–H groups in total. The molecule has 0 saturated carbocycles. The molecule has 0 heterocycles. The van der Waals surface area contributed by atoms with Crippen molar-refractivity contribution in [3.05, 3.63) is 35.9 Å². The second-order valence-electron chi connectivity index (χ2n) is 4.79. The van der Waals surface area contributed by atoms with Gasteiger partial charge < -0.3 is 15.5 Å². The van der Waals surface area contributed by atoms with E-state index >= 15 is 0 Å². The number of hydrogen-bond donors (Lipinski definition) is 2. The predicted molar refractivity (Wildman–Crippen MR) is 86.4 cm³/mol. The lowest BCUT2D eigenvalue weighted by Crippen LogP contribution is -2.36. The van der Waals surface area contributed by atoms with Gasteiger partial charge >= 0.3 is 0 Å². The molecule has 0 aliphatic heterocycles. The number of likely N-dealkylation sites (N-methyl/N-ethyl adjacent to an activating group) is 2. The van der Waals surface area contributed by atoms with E-state index < -0.39 is 0 Å². The highest BCUT2D eigenvalue weighted by atomic mass is 35.5. The highest BCUT2D eigenvalue weighted by Crippen LogP contribution is 2.17. The molecule has 0 aliphatic carbocycles. The monoisotopic (exact) mass is 313 g/mol. The summed E-state index contributed by atoms with van der Waals surface area (Å²) >= 11 is 0. The highest BCUT2D eigenvalue weighted by Gasteiger charge is 2.19. The second-order valence-corrected chi connectivity index (χ2v) is 4.79. The molecule has 0 radical (unpaired) electrons. The molecule has 0 aromatic heterocycles. The van der Waals surface area contributed by atoms with Gasteiger partial charge in [-0.15, -0.1) is 12.4 Å². The summed E-state index contributed by atoms with van der Waals surface area (Å²) in [5, 5.41) is 5.84. The molecule has 0 fully saturated rings. The minimum atomic E-state index is -0.279. The van der Waals surface area contributed by atoms with Gasteiger partial charge in [-0.25, -0.2) is 0 Å². The Morgan fingerprint density at radius 3 is 2.38 bits per heavy atom. The van der Waals surface area contributed by atoms with Crippen molar-refractivity contribution in [2.45, 2.75) is 19.4 Å². The lowest BCUT2D eigenvalue weighted by Gasteiger charge is -2.22. The third kappa shape index (κ3) is 7.11. The average molecular weight is 314 g/mol. The number of rotatable bonds is 7. The fourth-order valence-electron chi connectivity index (χ4n) is 1.92. The zero-order chi connectivity index (χ0) is 15.0. The quantitative estimate of drug-likeness (QED) is 0.799. The topological polar surface area (TPSA) is 61.4 Å². The maximum absolute atomic E-state index is 12.2. The largest absolute Gasteiger partial charge is 0.349 e. The molecule has 1 aromatic rings. The number of halogens is 1. The number of carbonyl (C=O) groups is 2. The molecule has 0 aliphatic rings. The zero-order valence-electron chi connectivity index (χ0n) is 12.8. The molecule has 0 saturated heterocycles. The van der Waals surface area contributed by atoms with E-state index in [1.165, 1.54) is 6.92 Å². The summed E-state index contributed by atoms with van der Waals surface area (Å²) in [5.41, 5.74) is 0.943. The molecular weight excluding hydrogens is 290 g/mol. The molecular formula is C15H24ClN3O2. The van der Waals surface area contributed by atoms with Crippen LogP contribution >= 0.6 is 12.4 Å². The number of carbonyl (C=O) groups excluding carboxylic acids is 2. The van der Waals surface area contributed by atoms with Gasteiger partial charge in [0.1, 0.15) is 0 Å². The van der Waals surface area contributed by atoms with Crippen molar-refractivity contribution in [1.29, 1.82) is 0 Å². The number of nitrogens with zero attached hydrogens (tertiary/aromatic N) is 1. The van der Waals surface area contributed by atoms with Gasteiger partial charge in [-0.1, -0.05) is 30.3 Å². The molecule has 6 heteroatoms. The SMILES string of the molecule is CNCCN(C)C(=O)CC(NC(C)=O)c1ccccc1.Cl. The van der Waals surface area contributed by atoms with Crippen LogP contribution in [0.2, 0.25) is 0 Å². The molecule has 0 spiro atoms. The van der Waals surface area contributed by atoms with Crippen LogP contribution in [0.1, 0.15) is 24.9 Å². The fourth-order valence-corrected chi connectivity index (χ4v) is 1.92. The van der Waals surface area contributed by atoms with E-state index in [4.69, 9.17) is 0 Å². The summed E-state index contributed by atoms with van der Waals surface area (Å²) in [6, 6.07) is 9.27. The molecule has 5 nitrogen and oxygen atoms in total. The van der Waals surface area contributed by atoms with Crippen LogP contribution < -0.4 is 10.6 Å². The van der Waals surface area contributed by atoms with Gasteiger partial charge in [0.05, 0.1) is 12.5 Å². The minimum absolute atomic E-state index is 0.